The van der Waals surface area contributed by atoms with Crippen LogP contribution in [0.4, 0.5) is 11.5 Å². The predicted octanol–water partition coefficient (Wildman–Crippen LogP) is 1.99. The number of hydrogen-bond donors (Lipinski definition) is 1. The topological polar surface area (TPSA) is 36.2 Å². The van der Waals surface area contributed by atoms with Crippen LogP contribution in [0.5, 0.6) is 0 Å². The van der Waals surface area contributed by atoms with Gasteiger partial charge in [-0.15, -0.1) is 0 Å². The molecule has 0 aliphatic carbocycles. The fourth-order valence-electron chi connectivity index (χ4n) is 2.21. The molecule has 0 saturated heterocycles. The molecule has 1 aliphatic rings. The molecule has 0 radical (unpaired) electrons. The van der Waals surface area contributed by atoms with E-state index in [1.54, 1.807) is 0 Å². The largest absolute Gasteiger partial charge is 0.379 e. The Morgan fingerprint density at radius 3 is 2.55 bits per heavy atom. The highest BCUT2D eigenvalue weighted by atomic mass is 16.2. The molecule has 4 heteroatoms. The molecule has 1 N–H and O–H groups in total. The molecule has 0 spiro atoms. The molecule has 2 heterocycles. The lowest BCUT2D eigenvalue weighted by Gasteiger charge is -2.11. The lowest BCUT2D eigenvalue weighted by atomic mass is 10.1. The van der Waals surface area contributed by atoms with Gasteiger partial charge in [-0.25, -0.2) is 10.1 Å². The van der Waals surface area contributed by atoms with E-state index in [-0.39, 0.29) is 5.91 Å². The summed E-state index contributed by atoms with van der Waals surface area (Å²) in [5.41, 5.74) is 2.78. The highest BCUT2D eigenvalue weighted by Crippen LogP contribution is 2.18. The second-order valence-corrected chi connectivity index (χ2v) is 4.93. The zero-order valence-electron chi connectivity index (χ0n) is 11.5. The molecule has 0 saturated carbocycles. The van der Waals surface area contributed by atoms with Gasteiger partial charge >= 0.3 is 5.91 Å². The molecule has 0 atom stereocenters. The molecule has 20 heavy (non-hydrogen) atoms. The third kappa shape index (κ3) is 2.16. The molecular formula is C16H16N3O+. The smallest absolute Gasteiger partial charge is 0.378 e. The number of hydrogen-bond acceptors (Lipinski definition) is 2. The quantitative estimate of drug-likeness (QED) is 0.666. The zero-order chi connectivity index (χ0) is 14.1. The molecule has 0 bridgehead atoms. The van der Waals surface area contributed by atoms with Crippen molar-refractivity contribution in [1.82, 2.24) is 0 Å². The van der Waals surface area contributed by atoms with E-state index in [4.69, 9.17) is 0 Å². The number of rotatable bonds is 2. The summed E-state index contributed by atoms with van der Waals surface area (Å²) in [7, 11) is 4.01. The lowest BCUT2D eigenvalue weighted by Crippen LogP contribution is -2.29. The Morgan fingerprint density at radius 1 is 1.10 bits per heavy atom. The van der Waals surface area contributed by atoms with Gasteiger partial charge in [0.25, 0.3) is 5.82 Å². The Bertz CT molecular complexity index is 687. The average Bonchev–Trinajstić information content (AvgIpc) is 2.76. The first-order valence-corrected chi connectivity index (χ1v) is 6.46. The maximum absolute atomic E-state index is 12.0. The van der Waals surface area contributed by atoms with Crippen LogP contribution in [-0.2, 0) is 4.79 Å². The van der Waals surface area contributed by atoms with Gasteiger partial charge in [0.2, 0.25) is 5.70 Å². The molecule has 2 aromatic rings. The van der Waals surface area contributed by atoms with Gasteiger partial charge in [-0.3, -0.25) is 0 Å². The summed E-state index contributed by atoms with van der Waals surface area (Å²) < 4.78 is 1.86. The number of carbonyl (C=O) groups excluding carboxylic acids is 1. The van der Waals surface area contributed by atoms with Gasteiger partial charge in [-0.05, 0) is 23.8 Å². The van der Waals surface area contributed by atoms with Gasteiger partial charge < -0.3 is 4.90 Å². The number of pyridine rings is 1. The van der Waals surface area contributed by atoms with Crippen molar-refractivity contribution < 1.29 is 9.36 Å². The normalized spacial score (nSPS) is 15.1. The van der Waals surface area contributed by atoms with Crippen molar-refractivity contribution in [1.29, 1.82) is 0 Å². The fraction of sp³-hybridized carbons (Fsp3) is 0.125. The Labute approximate surface area is 118 Å². The van der Waals surface area contributed by atoms with E-state index in [9.17, 15) is 4.79 Å². The molecule has 3 rings (SSSR count). The molecule has 1 aromatic carbocycles. The van der Waals surface area contributed by atoms with Gasteiger partial charge in [0.15, 0.2) is 0 Å². The van der Waals surface area contributed by atoms with Crippen LogP contribution in [0.1, 0.15) is 5.56 Å². The Hall–Kier alpha value is -2.62. The number of fused-ring (bicyclic) bond motifs is 1. The third-order valence-corrected chi connectivity index (χ3v) is 3.31. The van der Waals surface area contributed by atoms with Crippen LogP contribution < -0.4 is 14.8 Å². The Kier molecular flexibility index (Phi) is 2.99. The minimum Gasteiger partial charge on any atom is -0.378 e. The van der Waals surface area contributed by atoms with Crippen molar-refractivity contribution in [3.63, 3.8) is 0 Å². The van der Waals surface area contributed by atoms with E-state index in [2.05, 4.69) is 5.32 Å². The number of aromatic nitrogens is 1. The van der Waals surface area contributed by atoms with E-state index in [1.807, 2.05) is 78.3 Å². The minimum absolute atomic E-state index is 0.0760. The first-order valence-electron chi connectivity index (χ1n) is 6.46. The summed E-state index contributed by atoms with van der Waals surface area (Å²) in [6.07, 6.45) is 3.78. The van der Waals surface area contributed by atoms with Crippen LogP contribution in [0.3, 0.4) is 0 Å². The number of nitrogens with one attached hydrogen (secondary N) is 1. The highest BCUT2D eigenvalue weighted by molar-refractivity contribution is 6.23. The standard InChI is InChI=1S/C16H15N3O/c1-18(2)13-8-6-12(7-9-13)11-14-16(20)17-15-5-3-4-10-19(14)15/h3-11H,1-2H3/p+1. The van der Waals surface area contributed by atoms with Crippen molar-refractivity contribution in [2.24, 2.45) is 0 Å². The molecule has 4 nitrogen and oxygen atoms in total. The molecule has 1 amide bonds. The lowest BCUT2D eigenvalue weighted by molar-refractivity contribution is -0.556. The Morgan fingerprint density at radius 2 is 1.85 bits per heavy atom. The SMILES string of the molecule is CN(C)c1ccc(C=C2C(=O)Nc3cccc[n+]32)cc1. The summed E-state index contributed by atoms with van der Waals surface area (Å²) in [6, 6.07) is 13.8. The van der Waals surface area contributed by atoms with Crippen molar-refractivity contribution in [3.8, 4) is 0 Å². The van der Waals surface area contributed by atoms with Crippen LogP contribution in [0, 0.1) is 0 Å². The van der Waals surface area contributed by atoms with Crippen LogP contribution >= 0.6 is 0 Å². The highest BCUT2D eigenvalue weighted by Gasteiger charge is 2.31. The molecule has 1 aromatic heterocycles. The predicted molar refractivity (Wildman–Crippen MR) is 80.2 cm³/mol. The molecule has 100 valence electrons. The Balaban J connectivity index is 1.98. The van der Waals surface area contributed by atoms with Crippen molar-refractivity contribution in [2.75, 3.05) is 24.3 Å². The van der Waals surface area contributed by atoms with Crippen LogP contribution in [0.2, 0.25) is 0 Å². The van der Waals surface area contributed by atoms with E-state index in [0.29, 0.717) is 5.70 Å². The minimum atomic E-state index is -0.0760. The maximum Gasteiger partial charge on any atom is 0.379 e. The molecule has 0 unspecified atom stereocenters. The molecule has 0 fully saturated rings. The van der Waals surface area contributed by atoms with Crippen LogP contribution in [0.15, 0.2) is 48.7 Å². The molecule has 1 aliphatic heterocycles. The van der Waals surface area contributed by atoms with E-state index < -0.39 is 0 Å². The van der Waals surface area contributed by atoms with Gasteiger partial charge in [0.05, 0.1) is 6.20 Å². The van der Waals surface area contributed by atoms with Gasteiger partial charge in [-0.2, -0.15) is 4.57 Å². The summed E-state index contributed by atoms with van der Waals surface area (Å²) >= 11 is 0. The summed E-state index contributed by atoms with van der Waals surface area (Å²) in [5, 5.41) is 2.84. The summed E-state index contributed by atoms with van der Waals surface area (Å²) in [5.74, 6) is 0.724. The number of benzene rings is 1. The summed E-state index contributed by atoms with van der Waals surface area (Å²) in [6.45, 7) is 0. The van der Waals surface area contributed by atoms with Crippen LogP contribution in [0.25, 0.3) is 11.8 Å². The monoisotopic (exact) mass is 266 g/mol. The maximum atomic E-state index is 12.0. The first kappa shape index (κ1) is 12.4. The average molecular weight is 266 g/mol. The van der Waals surface area contributed by atoms with E-state index in [0.717, 1.165) is 17.1 Å². The number of carbonyl (C=O) groups is 1. The van der Waals surface area contributed by atoms with Gasteiger partial charge in [0.1, 0.15) is 0 Å². The fourth-order valence-corrected chi connectivity index (χ4v) is 2.21. The second-order valence-electron chi connectivity index (χ2n) is 4.93. The van der Waals surface area contributed by atoms with Crippen molar-refractivity contribution in [2.45, 2.75) is 0 Å². The van der Waals surface area contributed by atoms with E-state index >= 15 is 0 Å². The number of amides is 1. The van der Waals surface area contributed by atoms with Gasteiger partial charge in [0, 0.05) is 31.9 Å². The number of anilines is 2. The van der Waals surface area contributed by atoms with Crippen molar-refractivity contribution >= 4 is 29.2 Å². The van der Waals surface area contributed by atoms with E-state index in [1.165, 1.54) is 0 Å². The molecular weight excluding hydrogens is 250 g/mol. The van der Waals surface area contributed by atoms with Gasteiger partial charge in [-0.1, -0.05) is 18.2 Å². The van der Waals surface area contributed by atoms with Crippen molar-refractivity contribution in [3.05, 3.63) is 54.2 Å². The third-order valence-electron chi connectivity index (χ3n) is 3.31. The first-order chi connectivity index (χ1) is 9.65. The number of nitrogens with zero attached hydrogens (tertiary/aromatic N) is 2. The zero-order valence-corrected chi connectivity index (χ0v) is 11.5. The summed E-state index contributed by atoms with van der Waals surface area (Å²) in [4.78, 5) is 14.0. The second kappa shape index (κ2) is 4.81. The van der Waals surface area contributed by atoms with Crippen LogP contribution in [-0.4, -0.2) is 20.0 Å².